The first-order valence-corrected chi connectivity index (χ1v) is 5.23. The average molecular weight is 365 g/mol. The molecule has 0 aliphatic rings. The zero-order chi connectivity index (χ0) is 10.1. The molecule has 0 radical (unpaired) electrons. The van der Waals surface area contributed by atoms with E-state index in [4.69, 9.17) is 0 Å². The van der Waals surface area contributed by atoms with Gasteiger partial charge in [0.25, 0.3) is 4.58 Å². The molecule has 0 saturated heterocycles. The monoisotopic (exact) mass is 364 g/mol. The Bertz CT molecular complexity index is 281. The molecule has 1 unspecified atom stereocenters. The minimum Gasteiger partial charge on any atom is -0.218 e. The van der Waals surface area contributed by atoms with Crippen molar-refractivity contribution in [2.75, 3.05) is 0 Å². The summed E-state index contributed by atoms with van der Waals surface area (Å²) in [6, 6.07) is 7.27. The van der Waals surface area contributed by atoms with Crippen molar-refractivity contribution in [2.24, 2.45) is 0 Å². The van der Waals surface area contributed by atoms with E-state index in [-0.39, 0.29) is 5.56 Å². The first-order valence-electron chi connectivity index (χ1n) is 3.36. The van der Waals surface area contributed by atoms with Gasteiger partial charge in [-0.2, -0.15) is 8.78 Å². The van der Waals surface area contributed by atoms with Gasteiger partial charge in [-0.15, -0.1) is 0 Å². The van der Waals surface area contributed by atoms with Crippen molar-refractivity contribution in [3.63, 3.8) is 0 Å². The van der Waals surface area contributed by atoms with E-state index in [9.17, 15) is 13.2 Å². The van der Waals surface area contributed by atoms with Gasteiger partial charge in [0, 0.05) is 28.2 Å². The Labute approximate surface area is 95.8 Å². The summed E-state index contributed by atoms with van der Waals surface area (Å²) in [6.45, 7) is 0. The molecule has 0 saturated carbocycles. The fraction of sp³-hybridized carbons (Fsp3) is 0.250. The second-order valence-corrected chi connectivity index (χ2v) is 4.89. The van der Waals surface area contributed by atoms with Gasteiger partial charge in [0.1, 0.15) is 0 Å². The molecule has 0 aliphatic carbocycles. The second kappa shape index (κ2) is 3.76. The van der Waals surface area contributed by atoms with Crippen LogP contribution in [-0.2, 0) is 4.58 Å². The van der Waals surface area contributed by atoms with Gasteiger partial charge < -0.3 is 0 Å². The Hall–Kier alpha value is 0.220. The summed E-state index contributed by atoms with van der Waals surface area (Å²) in [5, 5.41) is 0. The number of halogens is 5. The van der Waals surface area contributed by atoms with Gasteiger partial charge in [-0.1, -0.05) is 30.3 Å². The molecule has 5 heteroatoms. The molecular formula is C8H5BrF3I. The lowest BCUT2D eigenvalue weighted by Gasteiger charge is -2.23. The molecule has 72 valence electrons. The van der Waals surface area contributed by atoms with Crippen LogP contribution in [0.15, 0.2) is 30.3 Å². The van der Waals surface area contributed by atoms with Gasteiger partial charge in [-0.3, -0.25) is 0 Å². The van der Waals surface area contributed by atoms with E-state index < -0.39 is 8.51 Å². The van der Waals surface area contributed by atoms with Crippen LogP contribution < -0.4 is 0 Å². The quantitative estimate of drug-likeness (QED) is 0.544. The summed E-state index contributed by atoms with van der Waals surface area (Å²) in [6.07, 6.45) is 0. The van der Waals surface area contributed by atoms with Crippen LogP contribution in [0.3, 0.4) is 0 Å². The predicted molar refractivity (Wildman–Crippen MR) is 57.1 cm³/mol. The summed E-state index contributed by atoms with van der Waals surface area (Å²) in [4.78, 5) is 0. The number of benzene rings is 1. The Kier molecular flexibility index (Phi) is 3.27. The molecule has 0 aliphatic heterocycles. The fourth-order valence-electron chi connectivity index (χ4n) is 0.811. The van der Waals surface area contributed by atoms with Crippen molar-refractivity contribution >= 4 is 38.5 Å². The van der Waals surface area contributed by atoms with E-state index in [1.54, 1.807) is 6.07 Å². The number of rotatable bonds is 2. The third-order valence-corrected chi connectivity index (χ3v) is 3.93. The standard InChI is InChI=1S/C8H5BrF3I/c9-7(10,8(11,12)13)6-4-2-1-3-5-6/h1-5H. The molecule has 0 spiro atoms. The smallest absolute Gasteiger partial charge is 0.218 e. The van der Waals surface area contributed by atoms with E-state index in [0.29, 0.717) is 0 Å². The number of hydrogen-bond donors (Lipinski definition) is 0. The lowest BCUT2D eigenvalue weighted by atomic mass is 10.1. The van der Waals surface area contributed by atoms with Crippen molar-refractivity contribution in [3.05, 3.63) is 35.9 Å². The lowest BCUT2D eigenvalue weighted by Crippen LogP contribution is -2.30. The lowest BCUT2D eigenvalue weighted by molar-refractivity contribution is 0.0127. The van der Waals surface area contributed by atoms with Gasteiger partial charge >= 0.3 is 3.93 Å². The van der Waals surface area contributed by atoms with Crippen LogP contribution >= 0.6 is 38.5 Å². The first kappa shape index (κ1) is 11.3. The van der Waals surface area contributed by atoms with Gasteiger partial charge in [-0.05, 0) is 15.9 Å². The van der Waals surface area contributed by atoms with Crippen LogP contribution in [0.25, 0.3) is 0 Å². The molecule has 0 fully saturated rings. The molecule has 1 aromatic rings. The average Bonchev–Trinajstić information content (AvgIpc) is 2.04. The summed E-state index contributed by atoms with van der Waals surface area (Å²) in [5.41, 5.74) is -0.0885. The van der Waals surface area contributed by atoms with Crippen molar-refractivity contribution in [1.82, 2.24) is 0 Å². The van der Waals surface area contributed by atoms with Crippen molar-refractivity contribution in [3.8, 4) is 0 Å². The minimum absolute atomic E-state index is 0.0885. The molecule has 1 rings (SSSR count). The van der Waals surface area contributed by atoms with Crippen LogP contribution in [0.5, 0.6) is 0 Å². The fourth-order valence-corrected chi connectivity index (χ4v) is 1.39. The topological polar surface area (TPSA) is 0 Å². The number of hydrogen-bond acceptors (Lipinski definition) is 0. The van der Waals surface area contributed by atoms with Crippen LogP contribution in [0, 0.1) is 0 Å². The van der Waals surface area contributed by atoms with E-state index >= 15 is 0 Å². The van der Waals surface area contributed by atoms with Crippen LogP contribution in [0.2, 0.25) is 0 Å². The maximum absolute atomic E-state index is 13.5. The van der Waals surface area contributed by atoms with Crippen molar-refractivity contribution in [1.29, 1.82) is 0 Å². The molecular weight excluding hydrogens is 360 g/mol. The van der Waals surface area contributed by atoms with Crippen LogP contribution in [0.4, 0.5) is 13.2 Å². The van der Waals surface area contributed by atoms with Crippen LogP contribution in [-0.4, -0.2) is 3.93 Å². The van der Waals surface area contributed by atoms with Gasteiger partial charge in [0.05, 0.1) is 0 Å². The molecule has 1 atom stereocenters. The summed E-state index contributed by atoms with van der Waals surface area (Å²) in [7, 11) is 0. The zero-order valence-corrected chi connectivity index (χ0v) is 10.0. The van der Waals surface area contributed by atoms with Crippen LogP contribution in [0.1, 0.15) is 5.56 Å². The minimum atomic E-state index is -3.48. The molecule has 1 aromatic carbocycles. The SMILES string of the molecule is FC(F)(I)C(F)(Br)c1ccccc1. The molecule has 0 aromatic heterocycles. The normalized spacial score (nSPS) is 16.7. The highest BCUT2D eigenvalue weighted by Gasteiger charge is 2.52. The Morgan fingerprint density at radius 3 is 1.92 bits per heavy atom. The highest BCUT2D eigenvalue weighted by Crippen LogP contribution is 2.50. The second-order valence-electron chi connectivity index (χ2n) is 2.44. The number of alkyl halides is 5. The largest absolute Gasteiger partial charge is 0.343 e. The van der Waals surface area contributed by atoms with Gasteiger partial charge in [0.15, 0.2) is 0 Å². The molecule has 0 nitrogen and oxygen atoms in total. The highest BCUT2D eigenvalue weighted by molar-refractivity contribution is 14.1. The maximum atomic E-state index is 13.5. The molecule has 13 heavy (non-hydrogen) atoms. The third kappa shape index (κ3) is 2.37. The zero-order valence-electron chi connectivity index (χ0n) is 6.28. The molecule has 0 amide bonds. The van der Waals surface area contributed by atoms with E-state index in [1.165, 1.54) is 24.3 Å². The van der Waals surface area contributed by atoms with Crippen molar-refractivity contribution < 1.29 is 13.2 Å². The molecule has 0 N–H and O–H groups in total. The van der Waals surface area contributed by atoms with E-state index in [0.717, 1.165) is 22.6 Å². The van der Waals surface area contributed by atoms with Gasteiger partial charge in [0.2, 0.25) is 0 Å². The molecule has 0 bridgehead atoms. The maximum Gasteiger partial charge on any atom is 0.343 e. The van der Waals surface area contributed by atoms with Gasteiger partial charge in [-0.25, -0.2) is 4.39 Å². The summed E-state index contributed by atoms with van der Waals surface area (Å²) in [5.74, 6) is 0. The Balaban J connectivity index is 3.08. The first-order chi connectivity index (χ1) is 5.86. The Morgan fingerprint density at radius 1 is 1.08 bits per heavy atom. The highest BCUT2D eigenvalue weighted by atomic mass is 127. The molecule has 0 heterocycles. The summed E-state index contributed by atoms with van der Waals surface area (Å²) >= 11 is 3.15. The van der Waals surface area contributed by atoms with Crippen molar-refractivity contribution in [2.45, 2.75) is 8.51 Å². The van der Waals surface area contributed by atoms with E-state index in [2.05, 4.69) is 15.9 Å². The third-order valence-electron chi connectivity index (χ3n) is 1.49. The van der Waals surface area contributed by atoms with E-state index in [1.807, 2.05) is 0 Å². The summed E-state index contributed by atoms with van der Waals surface area (Å²) < 4.78 is 32.7. The predicted octanol–water partition coefficient (Wildman–Crippen LogP) is 4.23. The Morgan fingerprint density at radius 2 is 1.54 bits per heavy atom.